The van der Waals surface area contributed by atoms with E-state index in [9.17, 15) is 18.3 Å². The number of carboxylic acids is 1. The van der Waals surface area contributed by atoms with E-state index in [0.717, 1.165) is 25.7 Å². The van der Waals surface area contributed by atoms with Crippen molar-refractivity contribution in [3.05, 3.63) is 0 Å². The van der Waals surface area contributed by atoms with E-state index in [2.05, 4.69) is 11.6 Å². The summed E-state index contributed by atoms with van der Waals surface area (Å²) in [5.74, 6) is -0.509. The fourth-order valence-corrected chi connectivity index (χ4v) is 4.28. The maximum absolute atomic E-state index is 11.9. The zero-order valence-corrected chi connectivity index (χ0v) is 12.6. The van der Waals surface area contributed by atoms with Crippen LogP contribution >= 0.6 is 0 Å². The largest absolute Gasteiger partial charge is 0.480 e. The van der Waals surface area contributed by atoms with Gasteiger partial charge in [0.2, 0.25) is 10.0 Å². The van der Waals surface area contributed by atoms with Gasteiger partial charge in [0.15, 0.2) is 0 Å². The summed E-state index contributed by atoms with van der Waals surface area (Å²) in [7, 11) is -3.50. The zero-order chi connectivity index (χ0) is 14.5. The molecule has 0 atom stereocenters. The van der Waals surface area contributed by atoms with Crippen molar-refractivity contribution in [3.8, 4) is 0 Å². The van der Waals surface area contributed by atoms with Crippen molar-refractivity contribution in [3.63, 3.8) is 0 Å². The highest BCUT2D eigenvalue weighted by molar-refractivity contribution is 7.89. The standard InChI is InChI=1S/C13H25NO4S/c1-3-5-10-19(17,18)14-13(12(15)16)8-6-11(4-2)7-9-13/h11,14H,3-10H2,1-2H3,(H,15,16). The Morgan fingerprint density at radius 3 is 2.32 bits per heavy atom. The topological polar surface area (TPSA) is 83.5 Å². The van der Waals surface area contributed by atoms with Gasteiger partial charge in [0.25, 0.3) is 0 Å². The normalized spacial score (nSPS) is 28.2. The molecule has 0 amide bonds. The fraction of sp³-hybridized carbons (Fsp3) is 0.923. The Morgan fingerprint density at radius 1 is 1.32 bits per heavy atom. The van der Waals surface area contributed by atoms with Crippen LogP contribution in [-0.2, 0) is 14.8 Å². The van der Waals surface area contributed by atoms with Crippen LogP contribution in [-0.4, -0.2) is 30.8 Å². The molecule has 5 nitrogen and oxygen atoms in total. The lowest BCUT2D eigenvalue weighted by Crippen LogP contribution is -2.56. The number of sulfonamides is 1. The maximum Gasteiger partial charge on any atom is 0.324 e. The number of nitrogens with one attached hydrogen (secondary N) is 1. The van der Waals surface area contributed by atoms with Crippen molar-refractivity contribution in [1.82, 2.24) is 4.72 Å². The molecule has 0 aromatic rings. The van der Waals surface area contributed by atoms with Gasteiger partial charge in [-0.25, -0.2) is 8.42 Å². The summed E-state index contributed by atoms with van der Waals surface area (Å²) in [4.78, 5) is 11.5. The average Bonchev–Trinajstić information content (AvgIpc) is 2.36. The molecule has 1 fully saturated rings. The van der Waals surface area contributed by atoms with E-state index in [1.54, 1.807) is 0 Å². The molecule has 0 saturated heterocycles. The SMILES string of the molecule is CCCCS(=O)(=O)NC1(C(=O)O)CCC(CC)CC1. The minimum absolute atomic E-state index is 0.00966. The number of rotatable bonds is 7. The van der Waals surface area contributed by atoms with Crippen LogP contribution in [0.15, 0.2) is 0 Å². The van der Waals surface area contributed by atoms with Crippen LogP contribution in [0.3, 0.4) is 0 Å². The molecule has 1 aliphatic carbocycles. The second-order valence-electron chi connectivity index (χ2n) is 5.51. The van der Waals surface area contributed by atoms with Crippen molar-refractivity contribution in [2.45, 2.75) is 64.3 Å². The molecule has 2 N–H and O–H groups in total. The van der Waals surface area contributed by atoms with Gasteiger partial charge in [0.1, 0.15) is 5.54 Å². The molecule has 19 heavy (non-hydrogen) atoms. The van der Waals surface area contributed by atoms with E-state index in [4.69, 9.17) is 0 Å². The maximum atomic E-state index is 11.9. The third-order valence-corrected chi connectivity index (χ3v) is 5.59. The van der Waals surface area contributed by atoms with Gasteiger partial charge in [-0.3, -0.25) is 4.79 Å². The van der Waals surface area contributed by atoms with Crippen LogP contribution in [0.25, 0.3) is 0 Å². The molecule has 6 heteroatoms. The molecule has 0 spiro atoms. The number of unbranched alkanes of at least 4 members (excludes halogenated alkanes) is 1. The van der Waals surface area contributed by atoms with Gasteiger partial charge >= 0.3 is 5.97 Å². The second-order valence-corrected chi connectivity index (χ2v) is 7.36. The Hall–Kier alpha value is -0.620. The van der Waals surface area contributed by atoms with E-state index < -0.39 is 21.5 Å². The number of carboxylic acid groups (broad SMARTS) is 1. The second kappa shape index (κ2) is 6.70. The number of carbonyl (C=O) groups is 1. The fourth-order valence-electron chi connectivity index (χ4n) is 2.62. The zero-order valence-electron chi connectivity index (χ0n) is 11.8. The summed E-state index contributed by atoms with van der Waals surface area (Å²) in [6.07, 6.45) is 4.70. The molecule has 0 aromatic heterocycles. The van der Waals surface area contributed by atoms with Crippen molar-refractivity contribution in [2.75, 3.05) is 5.75 Å². The lowest BCUT2D eigenvalue weighted by Gasteiger charge is -2.36. The van der Waals surface area contributed by atoms with Gasteiger partial charge in [-0.2, -0.15) is 4.72 Å². The Kier molecular flexibility index (Phi) is 5.80. The van der Waals surface area contributed by atoms with Crippen LogP contribution in [0.4, 0.5) is 0 Å². The average molecular weight is 291 g/mol. The first-order chi connectivity index (χ1) is 8.85. The van der Waals surface area contributed by atoms with Crippen LogP contribution in [0, 0.1) is 5.92 Å². The van der Waals surface area contributed by atoms with Gasteiger partial charge in [-0.05, 0) is 38.0 Å². The smallest absolute Gasteiger partial charge is 0.324 e. The predicted molar refractivity (Wildman–Crippen MR) is 74.4 cm³/mol. The molecule has 0 unspecified atom stereocenters. The van der Waals surface area contributed by atoms with E-state index in [1.165, 1.54) is 0 Å². The van der Waals surface area contributed by atoms with E-state index in [0.29, 0.717) is 25.2 Å². The first kappa shape index (κ1) is 16.4. The molecule has 1 aliphatic rings. The van der Waals surface area contributed by atoms with Gasteiger partial charge in [0, 0.05) is 0 Å². The molecule has 1 rings (SSSR count). The van der Waals surface area contributed by atoms with Gasteiger partial charge in [0.05, 0.1) is 5.75 Å². The quantitative estimate of drug-likeness (QED) is 0.752. The summed E-state index contributed by atoms with van der Waals surface area (Å²) in [5.41, 5.74) is -1.28. The first-order valence-electron chi connectivity index (χ1n) is 7.10. The molecule has 0 bridgehead atoms. The Morgan fingerprint density at radius 2 is 1.89 bits per heavy atom. The molecule has 0 heterocycles. The van der Waals surface area contributed by atoms with Crippen LogP contribution in [0.5, 0.6) is 0 Å². The Labute approximate surface area is 115 Å². The molecule has 112 valence electrons. The molecule has 1 saturated carbocycles. The van der Waals surface area contributed by atoms with Gasteiger partial charge < -0.3 is 5.11 Å². The molecule has 0 aliphatic heterocycles. The first-order valence-corrected chi connectivity index (χ1v) is 8.75. The van der Waals surface area contributed by atoms with Gasteiger partial charge in [-0.1, -0.05) is 26.7 Å². The lowest BCUT2D eigenvalue weighted by atomic mass is 9.76. The van der Waals surface area contributed by atoms with Crippen molar-refractivity contribution in [2.24, 2.45) is 5.92 Å². The third-order valence-electron chi connectivity index (χ3n) is 4.06. The monoisotopic (exact) mass is 291 g/mol. The van der Waals surface area contributed by atoms with Crippen LogP contribution < -0.4 is 4.72 Å². The minimum Gasteiger partial charge on any atom is -0.480 e. The van der Waals surface area contributed by atoms with E-state index in [-0.39, 0.29) is 5.75 Å². The Balaban J connectivity index is 2.76. The van der Waals surface area contributed by atoms with E-state index in [1.807, 2.05) is 6.92 Å². The molecule has 0 radical (unpaired) electrons. The van der Waals surface area contributed by atoms with Crippen molar-refractivity contribution in [1.29, 1.82) is 0 Å². The summed E-state index contributed by atoms with van der Waals surface area (Å²) in [5, 5.41) is 9.41. The lowest BCUT2D eigenvalue weighted by molar-refractivity contribution is -0.145. The molecule has 0 aromatic carbocycles. The molecular weight excluding hydrogens is 266 g/mol. The third kappa shape index (κ3) is 4.45. The summed E-state index contributed by atoms with van der Waals surface area (Å²) in [6.45, 7) is 4.00. The number of hydrogen-bond acceptors (Lipinski definition) is 3. The number of aliphatic carboxylic acids is 1. The van der Waals surface area contributed by atoms with Crippen molar-refractivity contribution < 1.29 is 18.3 Å². The van der Waals surface area contributed by atoms with Crippen LogP contribution in [0.1, 0.15) is 58.8 Å². The summed E-state index contributed by atoms with van der Waals surface area (Å²) in [6, 6.07) is 0. The Bertz CT molecular complexity index is 397. The van der Waals surface area contributed by atoms with Gasteiger partial charge in [-0.15, -0.1) is 0 Å². The predicted octanol–water partition coefficient (Wildman–Crippen LogP) is 2.13. The number of hydrogen-bond donors (Lipinski definition) is 2. The highest BCUT2D eigenvalue weighted by Crippen LogP contribution is 2.34. The molecular formula is C13H25NO4S. The van der Waals surface area contributed by atoms with E-state index >= 15 is 0 Å². The summed E-state index contributed by atoms with van der Waals surface area (Å²) >= 11 is 0. The highest BCUT2D eigenvalue weighted by atomic mass is 32.2. The summed E-state index contributed by atoms with van der Waals surface area (Å²) < 4.78 is 26.3. The highest BCUT2D eigenvalue weighted by Gasteiger charge is 2.44. The van der Waals surface area contributed by atoms with Crippen LogP contribution in [0.2, 0.25) is 0 Å². The van der Waals surface area contributed by atoms with Crippen molar-refractivity contribution >= 4 is 16.0 Å². The minimum atomic E-state index is -3.50.